The van der Waals surface area contributed by atoms with Crippen LogP contribution in [-0.4, -0.2) is 34.9 Å². The van der Waals surface area contributed by atoms with Gasteiger partial charge < -0.3 is 9.64 Å². The third-order valence-electron chi connectivity index (χ3n) is 3.86. The third kappa shape index (κ3) is 3.83. The normalized spacial score (nSPS) is 10.3. The highest BCUT2D eigenvalue weighted by atomic mass is 16.5. The van der Waals surface area contributed by atoms with Crippen LogP contribution in [0, 0.1) is 0 Å². The second-order valence-corrected chi connectivity index (χ2v) is 5.61. The van der Waals surface area contributed by atoms with Gasteiger partial charge in [-0.05, 0) is 42.5 Å². The van der Waals surface area contributed by atoms with Gasteiger partial charge >= 0.3 is 0 Å². The zero-order valence-electron chi connectivity index (χ0n) is 14.2. The van der Waals surface area contributed by atoms with E-state index in [2.05, 4.69) is 9.97 Å². The topological polar surface area (TPSA) is 55.3 Å². The first-order valence-electron chi connectivity index (χ1n) is 7.94. The lowest BCUT2D eigenvalue weighted by atomic mass is 10.1. The SMILES string of the molecule is COc1ccc(C(=O)N(C)Cc2ccccn2)cc1-c1ccccn1. The highest BCUT2D eigenvalue weighted by Crippen LogP contribution is 2.29. The molecule has 5 heteroatoms. The molecule has 0 radical (unpaired) electrons. The van der Waals surface area contributed by atoms with Gasteiger partial charge in [0.25, 0.3) is 5.91 Å². The van der Waals surface area contributed by atoms with E-state index < -0.39 is 0 Å². The van der Waals surface area contributed by atoms with E-state index in [1.54, 1.807) is 43.6 Å². The van der Waals surface area contributed by atoms with Crippen LogP contribution in [0.25, 0.3) is 11.3 Å². The van der Waals surface area contributed by atoms with Crippen LogP contribution in [0.15, 0.2) is 67.0 Å². The van der Waals surface area contributed by atoms with Crippen molar-refractivity contribution in [1.29, 1.82) is 0 Å². The van der Waals surface area contributed by atoms with Crippen LogP contribution >= 0.6 is 0 Å². The molecule has 0 aliphatic carbocycles. The Morgan fingerprint density at radius 2 is 1.80 bits per heavy atom. The Bertz CT molecular complexity index is 851. The summed E-state index contributed by atoms with van der Waals surface area (Å²) >= 11 is 0. The predicted molar refractivity (Wildman–Crippen MR) is 96.3 cm³/mol. The third-order valence-corrected chi connectivity index (χ3v) is 3.86. The molecule has 5 nitrogen and oxygen atoms in total. The fraction of sp³-hybridized carbons (Fsp3) is 0.150. The molecule has 0 atom stereocenters. The minimum atomic E-state index is -0.0783. The molecule has 2 heterocycles. The molecule has 126 valence electrons. The van der Waals surface area contributed by atoms with Gasteiger partial charge in [0, 0.05) is 30.6 Å². The van der Waals surface area contributed by atoms with E-state index in [0.29, 0.717) is 17.9 Å². The molecule has 1 aromatic carbocycles. The van der Waals surface area contributed by atoms with Crippen molar-refractivity contribution in [2.75, 3.05) is 14.2 Å². The number of carbonyl (C=O) groups excluding carboxylic acids is 1. The molecule has 0 aliphatic heterocycles. The Morgan fingerprint density at radius 3 is 2.44 bits per heavy atom. The number of rotatable bonds is 5. The molecule has 0 fully saturated rings. The summed E-state index contributed by atoms with van der Waals surface area (Å²) in [4.78, 5) is 23.0. The Balaban J connectivity index is 1.88. The van der Waals surface area contributed by atoms with E-state index in [0.717, 1.165) is 17.0 Å². The van der Waals surface area contributed by atoms with Crippen molar-refractivity contribution in [1.82, 2.24) is 14.9 Å². The van der Waals surface area contributed by atoms with Crippen LogP contribution in [-0.2, 0) is 6.54 Å². The first kappa shape index (κ1) is 16.6. The summed E-state index contributed by atoms with van der Waals surface area (Å²) in [6.45, 7) is 0.449. The molecule has 0 saturated heterocycles. The molecule has 1 amide bonds. The molecule has 0 saturated carbocycles. The number of benzene rings is 1. The van der Waals surface area contributed by atoms with E-state index in [4.69, 9.17) is 4.74 Å². The van der Waals surface area contributed by atoms with E-state index in [9.17, 15) is 4.79 Å². The summed E-state index contributed by atoms with van der Waals surface area (Å²) in [5.74, 6) is 0.605. The van der Waals surface area contributed by atoms with Crippen molar-refractivity contribution in [2.45, 2.75) is 6.54 Å². The average Bonchev–Trinajstić information content (AvgIpc) is 2.68. The number of hydrogen-bond donors (Lipinski definition) is 0. The molecule has 0 unspecified atom stereocenters. The van der Waals surface area contributed by atoms with Gasteiger partial charge in [-0.3, -0.25) is 14.8 Å². The van der Waals surface area contributed by atoms with Crippen LogP contribution in [0.5, 0.6) is 5.75 Å². The van der Waals surface area contributed by atoms with Gasteiger partial charge in [-0.2, -0.15) is 0 Å². The van der Waals surface area contributed by atoms with Crippen molar-refractivity contribution >= 4 is 5.91 Å². The van der Waals surface area contributed by atoms with Crippen LogP contribution in [0.4, 0.5) is 0 Å². The number of aromatic nitrogens is 2. The minimum Gasteiger partial charge on any atom is -0.496 e. The second-order valence-electron chi connectivity index (χ2n) is 5.61. The Kier molecular flexibility index (Phi) is 5.04. The summed E-state index contributed by atoms with van der Waals surface area (Å²) in [5, 5.41) is 0. The van der Waals surface area contributed by atoms with Crippen molar-refractivity contribution in [3.8, 4) is 17.0 Å². The largest absolute Gasteiger partial charge is 0.496 e. The average molecular weight is 333 g/mol. The van der Waals surface area contributed by atoms with Crippen molar-refractivity contribution in [3.05, 3.63) is 78.2 Å². The lowest BCUT2D eigenvalue weighted by molar-refractivity contribution is 0.0783. The van der Waals surface area contributed by atoms with Gasteiger partial charge in [0.2, 0.25) is 0 Å². The van der Waals surface area contributed by atoms with Crippen molar-refractivity contribution in [3.63, 3.8) is 0 Å². The number of methoxy groups -OCH3 is 1. The second kappa shape index (κ2) is 7.57. The number of ether oxygens (including phenoxy) is 1. The first-order valence-corrected chi connectivity index (χ1v) is 7.94. The van der Waals surface area contributed by atoms with Crippen LogP contribution in [0.3, 0.4) is 0 Å². The standard InChI is InChI=1S/C20H19N3O2/c1-23(14-16-7-3-5-11-21-16)20(24)15-9-10-19(25-2)17(13-15)18-8-4-6-12-22-18/h3-13H,14H2,1-2H3. The molecule has 2 aromatic heterocycles. The van der Waals surface area contributed by atoms with Gasteiger partial charge in [0.15, 0.2) is 0 Å². The minimum absolute atomic E-state index is 0.0783. The number of pyridine rings is 2. The highest BCUT2D eigenvalue weighted by molar-refractivity contribution is 5.95. The highest BCUT2D eigenvalue weighted by Gasteiger charge is 2.16. The molecular formula is C20H19N3O2. The quantitative estimate of drug-likeness (QED) is 0.718. The lowest BCUT2D eigenvalue weighted by Gasteiger charge is -2.18. The van der Waals surface area contributed by atoms with Crippen LogP contribution in [0.2, 0.25) is 0 Å². The maximum absolute atomic E-state index is 12.8. The number of carbonyl (C=O) groups is 1. The summed E-state index contributed by atoms with van der Waals surface area (Å²) in [6.07, 6.45) is 3.44. The summed E-state index contributed by atoms with van der Waals surface area (Å²) in [6, 6.07) is 16.7. The molecule has 0 aliphatic rings. The van der Waals surface area contributed by atoms with E-state index >= 15 is 0 Å². The Morgan fingerprint density at radius 1 is 1.04 bits per heavy atom. The predicted octanol–water partition coefficient (Wildman–Crippen LogP) is 3.42. The maximum atomic E-state index is 12.8. The van der Waals surface area contributed by atoms with Crippen molar-refractivity contribution in [2.24, 2.45) is 0 Å². The number of hydrogen-bond acceptors (Lipinski definition) is 4. The van der Waals surface area contributed by atoms with Crippen LogP contribution < -0.4 is 4.74 Å². The molecule has 3 rings (SSSR count). The zero-order chi connectivity index (χ0) is 17.6. The Labute approximate surface area is 146 Å². The first-order chi connectivity index (χ1) is 12.2. The van der Waals surface area contributed by atoms with Gasteiger partial charge in [0.05, 0.1) is 25.0 Å². The monoisotopic (exact) mass is 333 g/mol. The lowest BCUT2D eigenvalue weighted by Crippen LogP contribution is -2.26. The number of nitrogens with zero attached hydrogens (tertiary/aromatic N) is 3. The summed E-state index contributed by atoms with van der Waals surface area (Å²) in [5.41, 5.74) is 2.98. The molecule has 3 aromatic rings. The summed E-state index contributed by atoms with van der Waals surface area (Å²) < 4.78 is 5.42. The van der Waals surface area contributed by atoms with E-state index in [1.807, 2.05) is 42.5 Å². The maximum Gasteiger partial charge on any atom is 0.253 e. The zero-order valence-corrected chi connectivity index (χ0v) is 14.2. The van der Waals surface area contributed by atoms with Crippen LogP contribution in [0.1, 0.15) is 16.1 Å². The fourth-order valence-electron chi connectivity index (χ4n) is 2.59. The smallest absolute Gasteiger partial charge is 0.253 e. The number of amides is 1. The molecule has 25 heavy (non-hydrogen) atoms. The van der Waals surface area contributed by atoms with E-state index in [1.165, 1.54) is 0 Å². The molecule has 0 bridgehead atoms. The fourth-order valence-corrected chi connectivity index (χ4v) is 2.59. The van der Waals surface area contributed by atoms with Gasteiger partial charge in [-0.25, -0.2) is 0 Å². The Hall–Kier alpha value is -3.21. The molecule has 0 spiro atoms. The van der Waals surface area contributed by atoms with Gasteiger partial charge in [-0.1, -0.05) is 12.1 Å². The van der Waals surface area contributed by atoms with Gasteiger partial charge in [0.1, 0.15) is 5.75 Å². The van der Waals surface area contributed by atoms with Gasteiger partial charge in [-0.15, -0.1) is 0 Å². The molecular weight excluding hydrogens is 314 g/mol. The van der Waals surface area contributed by atoms with E-state index in [-0.39, 0.29) is 5.91 Å². The molecule has 0 N–H and O–H groups in total. The summed E-state index contributed by atoms with van der Waals surface area (Å²) in [7, 11) is 3.37. The van der Waals surface area contributed by atoms with Crippen molar-refractivity contribution < 1.29 is 9.53 Å².